The number of aromatic nitrogens is 2. The normalized spacial score (nSPS) is 11.9. The van der Waals surface area contributed by atoms with E-state index in [0.717, 1.165) is 48.7 Å². The van der Waals surface area contributed by atoms with Crippen LogP contribution in [0.4, 0.5) is 0 Å². The summed E-state index contributed by atoms with van der Waals surface area (Å²) in [6.45, 7) is 0. The van der Waals surface area contributed by atoms with Gasteiger partial charge >= 0.3 is 0 Å². The molecular formula is C23H13BrN2O. The Labute approximate surface area is 163 Å². The van der Waals surface area contributed by atoms with Crippen LogP contribution >= 0.6 is 15.9 Å². The lowest BCUT2D eigenvalue weighted by Gasteiger charge is -1.99. The first-order valence-corrected chi connectivity index (χ1v) is 9.55. The Kier molecular flexibility index (Phi) is 3.02. The maximum atomic E-state index is 6.02. The Morgan fingerprint density at radius 1 is 0.852 bits per heavy atom. The van der Waals surface area contributed by atoms with Gasteiger partial charge in [0.2, 0.25) is 0 Å². The van der Waals surface area contributed by atoms with Gasteiger partial charge in [0.15, 0.2) is 0 Å². The lowest BCUT2D eigenvalue weighted by atomic mass is 10.1. The number of benzene rings is 3. The number of fused-ring (bicyclic) bond motifs is 6. The van der Waals surface area contributed by atoms with Crippen LogP contribution in [0, 0.1) is 0 Å². The number of halogens is 1. The van der Waals surface area contributed by atoms with Crippen LogP contribution in [0.5, 0.6) is 0 Å². The van der Waals surface area contributed by atoms with Gasteiger partial charge in [-0.1, -0.05) is 42.5 Å². The summed E-state index contributed by atoms with van der Waals surface area (Å²) >= 11 is 3.68. The van der Waals surface area contributed by atoms with E-state index in [1.165, 1.54) is 5.39 Å². The highest BCUT2D eigenvalue weighted by Gasteiger charge is 2.14. The predicted octanol–water partition coefficient (Wildman–Crippen LogP) is 6.82. The van der Waals surface area contributed by atoms with Crippen molar-refractivity contribution in [1.82, 2.24) is 9.38 Å². The fourth-order valence-electron chi connectivity index (χ4n) is 3.79. The number of furan rings is 1. The third kappa shape index (κ3) is 2.17. The summed E-state index contributed by atoms with van der Waals surface area (Å²) in [6, 6.07) is 22.8. The number of hydrogen-bond donors (Lipinski definition) is 0. The number of nitrogens with zero attached hydrogens (tertiary/aromatic N) is 2. The van der Waals surface area contributed by atoms with Crippen LogP contribution in [0.2, 0.25) is 0 Å². The van der Waals surface area contributed by atoms with E-state index in [1.807, 2.05) is 18.2 Å². The van der Waals surface area contributed by atoms with Crippen LogP contribution in [0.25, 0.3) is 49.6 Å². The van der Waals surface area contributed by atoms with Crippen LogP contribution in [0.15, 0.2) is 88.0 Å². The zero-order chi connectivity index (χ0) is 18.0. The van der Waals surface area contributed by atoms with Crippen LogP contribution in [0.1, 0.15) is 0 Å². The van der Waals surface area contributed by atoms with Gasteiger partial charge in [-0.05, 0) is 45.6 Å². The first-order chi connectivity index (χ1) is 13.3. The molecule has 6 rings (SSSR count). The minimum absolute atomic E-state index is 0.870. The van der Waals surface area contributed by atoms with E-state index in [9.17, 15) is 0 Å². The summed E-state index contributed by atoms with van der Waals surface area (Å²) in [5.74, 6) is 0. The Bertz CT molecular complexity index is 1490. The third-order valence-corrected chi connectivity index (χ3v) is 5.67. The SMILES string of the molecule is Brc1cc(-c2cn3ccc4ccccc4c3n2)cc2c1oc1ccccc12. The van der Waals surface area contributed by atoms with Gasteiger partial charge in [0, 0.05) is 34.1 Å². The second kappa shape index (κ2) is 5.44. The minimum atomic E-state index is 0.870. The molecule has 0 aliphatic rings. The number of imidazole rings is 1. The maximum absolute atomic E-state index is 6.02. The first-order valence-electron chi connectivity index (χ1n) is 8.75. The molecule has 0 radical (unpaired) electrons. The van der Waals surface area contributed by atoms with Gasteiger partial charge < -0.3 is 8.82 Å². The van der Waals surface area contributed by atoms with Gasteiger partial charge in [0.1, 0.15) is 16.8 Å². The lowest BCUT2D eigenvalue weighted by Crippen LogP contribution is -1.83. The van der Waals surface area contributed by atoms with E-state index in [1.54, 1.807) is 0 Å². The molecule has 0 saturated carbocycles. The van der Waals surface area contributed by atoms with E-state index < -0.39 is 0 Å². The molecular weight excluding hydrogens is 400 g/mol. The summed E-state index contributed by atoms with van der Waals surface area (Å²) in [6.07, 6.45) is 4.15. The first kappa shape index (κ1) is 15.0. The molecule has 0 spiro atoms. The van der Waals surface area contributed by atoms with E-state index in [4.69, 9.17) is 9.40 Å². The molecule has 0 aliphatic heterocycles. The topological polar surface area (TPSA) is 30.4 Å². The van der Waals surface area contributed by atoms with Crippen LogP contribution in [-0.2, 0) is 0 Å². The second-order valence-corrected chi connectivity index (χ2v) is 7.55. The van der Waals surface area contributed by atoms with Crippen molar-refractivity contribution < 1.29 is 4.42 Å². The molecule has 0 atom stereocenters. The molecule has 4 heteroatoms. The van der Waals surface area contributed by atoms with Crippen molar-refractivity contribution in [3.05, 3.63) is 83.6 Å². The van der Waals surface area contributed by atoms with Gasteiger partial charge in [0.05, 0.1) is 10.2 Å². The van der Waals surface area contributed by atoms with Crippen molar-refractivity contribution in [3.63, 3.8) is 0 Å². The summed E-state index contributed by atoms with van der Waals surface area (Å²) in [5, 5.41) is 4.56. The highest BCUT2D eigenvalue weighted by Crippen LogP contribution is 2.37. The largest absolute Gasteiger partial charge is 0.455 e. The van der Waals surface area contributed by atoms with Gasteiger partial charge in [0.25, 0.3) is 0 Å². The zero-order valence-electron chi connectivity index (χ0n) is 14.2. The fraction of sp³-hybridized carbons (Fsp3) is 0. The summed E-state index contributed by atoms with van der Waals surface area (Å²) in [7, 11) is 0. The molecule has 0 amide bonds. The predicted molar refractivity (Wildman–Crippen MR) is 113 cm³/mol. The Morgan fingerprint density at radius 3 is 2.59 bits per heavy atom. The summed E-state index contributed by atoms with van der Waals surface area (Å²) in [5.41, 5.74) is 4.74. The highest BCUT2D eigenvalue weighted by atomic mass is 79.9. The Hall–Kier alpha value is -3.11. The van der Waals surface area contributed by atoms with Crippen molar-refractivity contribution in [2.24, 2.45) is 0 Å². The molecule has 3 heterocycles. The van der Waals surface area contributed by atoms with Gasteiger partial charge in [-0.25, -0.2) is 4.98 Å². The molecule has 3 aromatic heterocycles. The van der Waals surface area contributed by atoms with E-state index in [-0.39, 0.29) is 0 Å². The number of pyridine rings is 1. The van der Waals surface area contributed by atoms with Crippen LogP contribution in [0.3, 0.4) is 0 Å². The van der Waals surface area contributed by atoms with Gasteiger partial charge in [-0.2, -0.15) is 0 Å². The van der Waals surface area contributed by atoms with Crippen molar-refractivity contribution in [2.75, 3.05) is 0 Å². The highest BCUT2D eigenvalue weighted by molar-refractivity contribution is 9.10. The smallest absolute Gasteiger partial charge is 0.149 e. The molecule has 0 unspecified atom stereocenters. The number of hydrogen-bond acceptors (Lipinski definition) is 2. The maximum Gasteiger partial charge on any atom is 0.149 e. The van der Waals surface area contributed by atoms with Crippen molar-refractivity contribution in [1.29, 1.82) is 0 Å². The van der Waals surface area contributed by atoms with Crippen molar-refractivity contribution in [3.8, 4) is 11.3 Å². The number of para-hydroxylation sites is 1. The van der Waals surface area contributed by atoms with Gasteiger partial charge in [-0.3, -0.25) is 0 Å². The molecule has 128 valence electrons. The average Bonchev–Trinajstić information content (AvgIpc) is 3.30. The van der Waals surface area contributed by atoms with Gasteiger partial charge in [-0.15, -0.1) is 0 Å². The standard InChI is InChI=1S/C23H13BrN2O/c24-19-12-15(11-18-17-7-3-4-8-21(17)27-22(18)19)20-13-26-10-9-14-5-1-2-6-16(14)23(26)25-20/h1-13H. The molecule has 3 nitrogen and oxygen atoms in total. The Morgan fingerprint density at radius 2 is 1.67 bits per heavy atom. The molecule has 0 fully saturated rings. The third-order valence-electron chi connectivity index (χ3n) is 5.08. The molecule has 0 bridgehead atoms. The summed E-state index contributed by atoms with van der Waals surface area (Å²) < 4.78 is 9.04. The van der Waals surface area contributed by atoms with Crippen LogP contribution in [-0.4, -0.2) is 9.38 Å². The summed E-state index contributed by atoms with van der Waals surface area (Å²) in [4.78, 5) is 4.93. The van der Waals surface area contributed by atoms with Crippen molar-refractivity contribution in [2.45, 2.75) is 0 Å². The lowest BCUT2D eigenvalue weighted by molar-refractivity contribution is 0.667. The van der Waals surface area contributed by atoms with E-state index >= 15 is 0 Å². The quantitative estimate of drug-likeness (QED) is 0.296. The number of rotatable bonds is 1. The van der Waals surface area contributed by atoms with Crippen molar-refractivity contribution >= 4 is 54.3 Å². The Balaban J connectivity index is 1.65. The molecule has 27 heavy (non-hydrogen) atoms. The monoisotopic (exact) mass is 412 g/mol. The average molecular weight is 413 g/mol. The molecule has 0 saturated heterocycles. The molecule has 3 aromatic carbocycles. The van der Waals surface area contributed by atoms with E-state index in [2.05, 4.69) is 81.3 Å². The van der Waals surface area contributed by atoms with E-state index in [0.29, 0.717) is 0 Å². The minimum Gasteiger partial charge on any atom is -0.455 e. The fourth-order valence-corrected chi connectivity index (χ4v) is 4.33. The molecule has 6 aromatic rings. The molecule has 0 aliphatic carbocycles. The molecule has 0 N–H and O–H groups in total. The zero-order valence-corrected chi connectivity index (χ0v) is 15.8. The second-order valence-electron chi connectivity index (χ2n) is 6.69. The van der Waals surface area contributed by atoms with Crippen LogP contribution < -0.4 is 0 Å².